The lowest BCUT2D eigenvalue weighted by molar-refractivity contribution is -0.155. The third-order valence-electron chi connectivity index (χ3n) is 5.61. The summed E-state index contributed by atoms with van der Waals surface area (Å²) in [6, 6.07) is 15.2. The summed E-state index contributed by atoms with van der Waals surface area (Å²) in [5, 5.41) is 5.31. The monoisotopic (exact) mass is 482 g/mol. The molecule has 0 saturated carbocycles. The van der Waals surface area contributed by atoms with Crippen molar-refractivity contribution in [3.63, 3.8) is 0 Å². The highest BCUT2D eigenvalue weighted by Crippen LogP contribution is 2.44. The Morgan fingerprint density at radius 3 is 2.14 bits per heavy atom. The zero-order chi connectivity index (χ0) is 25.4. The predicted molar refractivity (Wildman–Crippen MR) is 132 cm³/mol. The molecule has 3 rings (SSSR count). The highest BCUT2D eigenvalue weighted by Gasteiger charge is 2.30. The molecule has 0 heterocycles. The molecule has 188 valence electrons. The maximum absolute atomic E-state index is 12.7. The van der Waals surface area contributed by atoms with Crippen LogP contribution >= 0.6 is 0 Å². The van der Waals surface area contributed by atoms with E-state index in [0.717, 1.165) is 22.3 Å². The van der Waals surface area contributed by atoms with Gasteiger partial charge in [-0.1, -0.05) is 48.5 Å². The van der Waals surface area contributed by atoms with Crippen molar-refractivity contribution >= 4 is 18.0 Å². The molecule has 8 heteroatoms. The second-order valence-corrected chi connectivity index (χ2v) is 9.43. The van der Waals surface area contributed by atoms with Crippen molar-refractivity contribution in [2.24, 2.45) is 0 Å². The Kier molecular flexibility index (Phi) is 8.87. The summed E-state index contributed by atoms with van der Waals surface area (Å²) in [5.41, 5.74) is 3.82. The van der Waals surface area contributed by atoms with Gasteiger partial charge in [0.15, 0.2) is 0 Å². The van der Waals surface area contributed by atoms with Crippen LogP contribution in [0.25, 0.3) is 11.1 Å². The van der Waals surface area contributed by atoms with Crippen LogP contribution in [0.2, 0.25) is 0 Å². The molecular formula is C27H34N2O6. The number of nitrogens with one attached hydrogen (secondary N) is 2. The minimum atomic E-state index is -0.949. The molecule has 2 aromatic rings. The van der Waals surface area contributed by atoms with Gasteiger partial charge in [-0.05, 0) is 49.4 Å². The number of rotatable bonds is 10. The summed E-state index contributed by atoms with van der Waals surface area (Å²) < 4.78 is 15.8. The summed E-state index contributed by atoms with van der Waals surface area (Å²) >= 11 is 0. The molecule has 2 N–H and O–H groups in total. The van der Waals surface area contributed by atoms with Crippen LogP contribution in [-0.2, 0) is 23.8 Å². The Hall–Kier alpha value is -3.39. The fraction of sp³-hybridized carbons (Fsp3) is 0.444. The average Bonchev–Trinajstić information content (AvgIpc) is 3.13. The van der Waals surface area contributed by atoms with Crippen LogP contribution in [0.3, 0.4) is 0 Å². The first-order valence-electron chi connectivity index (χ1n) is 11.8. The molecule has 8 nitrogen and oxygen atoms in total. The maximum Gasteiger partial charge on any atom is 0.407 e. The third-order valence-corrected chi connectivity index (χ3v) is 5.61. The van der Waals surface area contributed by atoms with Crippen molar-refractivity contribution in [2.45, 2.75) is 51.2 Å². The lowest BCUT2D eigenvalue weighted by Gasteiger charge is -2.22. The highest BCUT2D eigenvalue weighted by molar-refractivity contribution is 5.86. The van der Waals surface area contributed by atoms with Crippen molar-refractivity contribution < 1.29 is 28.6 Å². The van der Waals surface area contributed by atoms with E-state index in [0.29, 0.717) is 6.61 Å². The zero-order valence-corrected chi connectivity index (χ0v) is 20.8. The largest absolute Gasteiger partial charge is 0.460 e. The first-order chi connectivity index (χ1) is 16.7. The Morgan fingerprint density at radius 2 is 1.57 bits per heavy atom. The van der Waals surface area contributed by atoms with E-state index in [9.17, 15) is 14.4 Å². The number of hydrogen-bond donors (Lipinski definition) is 2. The van der Waals surface area contributed by atoms with Gasteiger partial charge in [-0.15, -0.1) is 0 Å². The van der Waals surface area contributed by atoms with Gasteiger partial charge in [-0.2, -0.15) is 0 Å². The van der Waals surface area contributed by atoms with Crippen LogP contribution in [0.15, 0.2) is 48.5 Å². The molecule has 0 spiro atoms. The van der Waals surface area contributed by atoms with Crippen molar-refractivity contribution in [1.29, 1.82) is 0 Å². The summed E-state index contributed by atoms with van der Waals surface area (Å²) in [7, 11) is 1.53. The van der Waals surface area contributed by atoms with Crippen LogP contribution in [0.5, 0.6) is 0 Å². The minimum Gasteiger partial charge on any atom is -0.460 e. The zero-order valence-electron chi connectivity index (χ0n) is 20.8. The first-order valence-corrected chi connectivity index (χ1v) is 11.8. The molecule has 2 aromatic carbocycles. The number of ether oxygens (including phenoxy) is 3. The molecule has 0 saturated heterocycles. The van der Waals surface area contributed by atoms with Crippen molar-refractivity contribution in [3.05, 3.63) is 59.7 Å². The number of benzene rings is 2. The lowest BCUT2D eigenvalue weighted by Crippen LogP contribution is -2.48. The van der Waals surface area contributed by atoms with Crippen molar-refractivity contribution in [3.8, 4) is 11.1 Å². The average molecular weight is 483 g/mol. The quantitative estimate of drug-likeness (QED) is 0.395. The molecule has 35 heavy (non-hydrogen) atoms. The second kappa shape index (κ2) is 11.8. The third kappa shape index (κ3) is 7.29. The van der Waals surface area contributed by atoms with Gasteiger partial charge in [0.05, 0.1) is 6.61 Å². The van der Waals surface area contributed by atoms with Gasteiger partial charge < -0.3 is 24.8 Å². The molecular weight excluding hydrogens is 448 g/mol. The smallest absolute Gasteiger partial charge is 0.407 e. The molecule has 1 unspecified atom stereocenters. The highest BCUT2D eigenvalue weighted by atomic mass is 16.6. The number of fused-ring (bicyclic) bond motifs is 3. The van der Waals surface area contributed by atoms with E-state index in [4.69, 9.17) is 14.2 Å². The van der Waals surface area contributed by atoms with Gasteiger partial charge >= 0.3 is 12.1 Å². The van der Waals surface area contributed by atoms with E-state index in [1.165, 1.54) is 7.11 Å². The number of esters is 1. The number of alkyl carbamates (subject to hydrolysis) is 1. The van der Waals surface area contributed by atoms with E-state index < -0.39 is 29.6 Å². The molecule has 0 aromatic heterocycles. The predicted octanol–water partition coefficient (Wildman–Crippen LogP) is 3.78. The molecule has 1 aliphatic rings. The van der Waals surface area contributed by atoms with Crippen molar-refractivity contribution in [1.82, 2.24) is 10.6 Å². The van der Waals surface area contributed by atoms with Gasteiger partial charge in [0.2, 0.25) is 5.91 Å². The topological polar surface area (TPSA) is 103 Å². The number of carbonyl (C=O) groups is 3. The van der Waals surface area contributed by atoms with E-state index in [-0.39, 0.29) is 31.9 Å². The van der Waals surface area contributed by atoms with Gasteiger partial charge in [0.1, 0.15) is 18.2 Å². The molecule has 0 bridgehead atoms. The van der Waals surface area contributed by atoms with Gasteiger partial charge in [-0.25, -0.2) is 4.79 Å². The fourth-order valence-corrected chi connectivity index (χ4v) is 4.11. The Bertz CT molecular complexity index is 1000. The standard InChI is InChI=1S/C27H34N2O6/c1-27(2,3)35-24(30)14-13-23(25(31)28-15-16-33-4)29-26(32)34-17-22-20-11-7-5-9-18(20)19-10-6-8-12-21(19)22/h5-12,22-23H,13-17H2,1-4H3,(H,28,31)(H,29,32). The van der Waals surface area contributed by atoms with Crippen LogP contribution in [-0.4, -0.2) is 56.5 Å². The van der Waals surface area contributed by atoms with E-state index in [2.05, 4.69) is 22.8 Å². The molecule has 1 aliphatic carbocycles. The Labute approximate surface area is 206 Å². The van der Waals surface area contributed by atoms with Crippen LogP contribution in [0.1, 0.15) is 50.7 Å². The molecule has 0 aliphatic heterocycles. The number of methoxy groups -OCH3 is 1. The molecule has 0 radical (unpaired) electrons. The number of hydrogen-bond acceptors (Lipinski definition) is 6. The Balaban J connectivity index is 1.62. The van der Waals surface area contributed by atoms with E-state index in [1.807, 2.05) is 36.4 Å². The molecule has 0 fully saturated rings. The van der Waals surface area contributed by atoms with Gasteiger partial charge in [0.25, 0.3) is 0 Å². The number of amides is 2. The van der Waals surface area contributed by atoms with Gasteiger partial charge in [-0.3, -0.25) is 9.59 Å². The molecule has 1 atom stereocenters. The maximum atomic E-state index is 12.7. The summed E-state index contributed by atoms with van der Waals surface area (Å²) in [4.78, 5) is 37.5. The van der Waals surface area contributed by atoms with Crippen LogP contribution in [0, 0.1) is 0 Å². The molecule has 2 amide bonds. The SMILES string of the molecule is COCCNC(=O)C(CCC(=O)OC(C)(C)C)NC(=O)OCC1c2ccccc2-c2ccccc21. The van der Waals surface area contributed by atoms with E-state index >= 15 is 0 Å². The number of carbonyl (C=O) groups excluding carboxylic acids is 3. The van der Waals surface area contributed by atoms with Gasteiger partial charge in [0, 0.05) is 26.0 Å². The lowest BCUT2D eigenvalue weighted by atomic mass is 9.98. The van der Waals surface area contributed by atoms with Crippen molar-refractivity contribution in [2.75, 3.05) is 26.9 Å². The minimum absolute atomic E-state index is 0.0245. The summed E-state index contributed by atoms with van der Waals surface area (Å²) in [6.07, 6.45) is -0.663. The summed E-state index contributed by atoms with van der Waals surface area (Å²) in [5.74, 6) is -0.954. The van der Waals surface area contributed by atoms with Crippen LogP contribution in [0.4, 0.5) is 4.79 Å². The van der Waals surface area contributed by atoms with E-state index in [1.54, 1.807) is 20.8 Å². The fourth-order valence-electron chi connectivity index (χ4n) is 4.11. The Morgan fingerprint density at radius 1 is 0.971 bits per heavy atom. The van der Waals surface area contributed by atoms with Crippen LogP contribution < -0.4 is 10.6 Å². The first kappa shape index (κ1) is 26.2. The second-order valence-electron chi connectivity index (χ2n) is 9.43. The summed E-state index contributed by atoms with van der Waals surface area (Å²) in [6.45, 7) is 6.06. The normalized spacial score (nSPS) is 13.4.